The van der Waals surface area contributed by atoms with Crippen LogP contribution in [-0.4, -0.2) is 54.3 Å². The largest absolute Gasteiger partial charge is 0.480 e. The Morgan fingerprint density at radius 2 is 2.29 bits per heavy atom. The number of amides is 1. The SMILES string of the molecule is CSCC[C@@H](NC(=O)C1COCC1N)C(=O)O. The summed E-state index contributed by atoms with van der Waals surface area (Å²) in [7, 11) is 0. The lowest BCUT2D eigenvalue weighted by molar-refractivity contribution is -0.142. The molecular formula is C10H18N2O4S. The van der Waals surface area contributed by atoms with Crippen LogP contribution >= 0.6 is 11.8 Å². The van der Waals surface area contributed by atoms with Gasteiger partial charge in [-0.2, -0.15) is 11.8 Å². The maximum atomic E-state index is 11.8. The van der Waals surface area contributed by atoms with E-state index in [0.717, 1.165) is 0 Å². The van der Waals surface area contributed by atoms with Gasteiger partial charge < -0.3 is 20.9 Å². The third-order valence-electron chi connectivity index (χ3n) is 2.69. The number of hydrogen-bond donors (Lipinski definition) is 3. The maximum Gasteiger partial charge on any atom is 0.326 e. The average Bonchev–Trinajstić information content (AvgIpc) is 2.70. The van der Waals surface area contributed by atoms with Gasteiger partial charge in [0.15, 0.2) is 0 Å². The number of hydrogen-bond acceptors (Lipinski definition) is 5. The Hall–Kier alpha value is -0.790. The van der Waals surface area contributed by atoms with Crippen molar-refractivity contribution in [2.45, 2.75) is 18.5 Å². The molecule has 1 rings (SSSR count). The number of rotatable bonds is 6. The van der Waals surface area contributed by atoms with Crippen LogP contribution in [0.2, 0.25) is 0 Å². The summed E-state index contributed by atoms with van der Waals surface area (Å²) >= 11 is 1.54. The van der Waals surface area contributed by atoms with E-state index < -0.39 is 17.9 Å². The molecule has 4 N–H and O–H groups in total. The van der Waals surface area contributed by atoms with E-state index in [2.05, 4.69) is 5.32 Å². The summed E-state index contributed by atoms with van der Waals surface area (Å²) in [5.74, 6) is -1.10. The Labute approximate surface area is 104 Å². The number of thioether (sulfide) groups is 1. The molecule has 0 bridgehead atoms. The minimum absolute atomic E-state index is 0.266. The fourth-order valence-electron chi connectivity index (χ4n) is 1.61. The highest BCUT2D eigenvalue weighted by atomic mass is 32.2. The number of carbonyl (C=O) groups is 2. The van der Waals surface area contributed by atoms with Crippen molar-refractivity contribution in [1.82, 2.24) is 5.32 Å². The summed E-state index contributed by atoms with van der Waals surface area (Å²) in [5, 5.41) is 11.5. The molecule has 17 heavy (non-hydrogen) atoms. The summed E-state index contributed by atoms with van der Waals surface area (Å²) in [4.78, 5) is 22.7. The lowest BCUT2D eigenvalue weighted by atomic mass is 10.0. The molecule has 1 amide bonds. The number of carbonyl (C=O) groups excluding carboxylic acids is 1. The molecule has 1 saturated heterocycles. The van der Waals surface area contributed by atoms with Gasteiger partial charge in [0.25, 0.3) is 0 Å². The van der Waals surface area contributed by atoms with Crippen molar-refractivity contribution in [2.24, 2.45) is 11.7 Å². The summed E-state index contributed by atoms with van der Waals surface area (Å²) in [6.45, 7) is 0.614. The number of ether oxygens (including phenoxy) is 1. The quantitative estimate of drug-likeness (QED) is 0.584. The average molecular weight is 262 g/mol. The van der Waals surface area contributed by atoms with Crippen LogP contribution in [0.15, 0.2) is 0 Å². The third-order valence-corrected chi connectivity index (χ3v) is 3.33. The minimum atomic E-state index is -1.01. The first-order valence-electron chi connectivity index (χ1n) is 5.41. The predicted molar refractivity (Wildman–Crippen MR) is 64.8 cm³/mol. The molecule has 0 spiro atoms. The van der Waals surface area contributed by atoms with Crippen LogP contribution < -0.4 is 11.1 Å². The van der Waals surface area contributed by atoms with Crippen molar-refractivity contribution in [3.63, 3.8) is 0 Å². The van der Waals surface area contributed by atoms with E-state index in [9.17, 15) is 9.59 Å². The van der Waals surface area contributed by atoms with Crippen molar-refractivity contribution in [3.05, 3.63) is 0 Å². The molecule has 6 nitrogen and oxygen atoms in total. The van der Waals surface area contributed by atoms with Gasteiger partial charge in [-0.1, -0.05) is 0 Å². The number of nitrogens with two attached hydrogens (primary N) is 1. The van der Waals surface area contributed by atoms with Crippen LogP contribution in [0.25, 0.3) is 0 Å². The molecule has 0 aromatic carbocycles. The van der Waals surface area contributed by atoms with E-state index in [4.69, 9.17) is 15.6 Å². The highest BCUT2D eigenvalue weighted by molar-refractivity contribution is 7.98. The van der Waals surface area contributed by atoms with Gasteiger partial charge >= 0.3 is 5.97 Å². The van der Waals surface area contributed by atoms with Crippen LogP contribution in [0.4, 0.5) is 0 Å². The van der Waals surface area contributed by atoms with E-state index in [-0.39, 0.29) is 18.6 Å². The summed E-state index contributed by atoms with van der Waals surface area (Å²) in [5.41, 5.74) is 5.69. The third kappa shape index (κ3) is 4.18. The number of nitrogens with one attached hydrogen (secondary N) is 1. The van der Waals surface area contributed by atoms with Crippen molar-refractivity contribution >= 4 is 23.6 Å². The van der Waals surface area contributed by atoms with E-state index in [1.165, 1.54) is 0 Å². The summed E-state index contributed by atoms with van der Waals surface area (Å²) in [6, 6.07) is -1.19. The molecule has 98 valence electrons. The van der Waals surface area contributed by atoms with Gasteiger partial charge in [0.1, 0.15) is 6.04 Å². The highest BCUT2D eigenvalue weighted by Crippen LogP contribution is 2.12. The van der Waals surface area contributed by atoms with Gasteiger partial charge in [-0.3, -0.25) is 4.79 Å². The second-order valence-electron chi connectivity index (χ2n) is 3.99. The first kappa shape index (κ1) is 14.3. The molecule has 0 saturated carbocycles. The Morgan fingerprint density at radius 3 is 2.76 bits per heavy atom. The molecule has 7 heteroatoms. The van der Waals surface area contributed by atoms with Crippen molar-refractivity contribution in [1.29, 1.82) is 0 Å². The van der Waals surface area contributed by atoms with Crippen molar-refractivity contribution in [2.75, 3.05) is 25.2 Å². The molecule has 1 aliphatic heterocycles. The van der Waals surface area contributed by atoms with Crippen molar-refractivity contribution in [3.8, 4) is 0 Å². The summed E-state index contributed by atoms with van der Waals surface area (Å²) in [6.07, 6.45) is 2.30. The molecule has 1 aliphatic rings. The standard InChI is InChI=1S/C10H18N2O4S/c1-17-3-2-8(10(14)15)12-9(13)6-4-16-5-7(6)11/h6-8H,2-5,11H2,1H3,(H,12,13)(H,14,15)/t6?,7?,8-/m1/s1. The second kappa shape index (κ2) is 6.83. The van der Waals surface area contributed by atoms with E-state index in [1.54, 1.807) is 11.8 Å². The zero-order chi connectivity index (χ0) is 12.8. The first-order valence-corrected chi connectivity index (χ1v) is 6.81. The lowest BCUT2D eigenvalue weighted by Gasteiger charge is -2.18. The molecule has 0 aromatic heterocycles. The molecule has 2 unspecified atom stereocenters. The second-order valence-corrected chi connectivity index (χ2v) is 4.97. The molecule has 1 heterocycles. The minimum Gasteiger partial charge on any atom is -0.480 e. The van der Waals surface area contributed by atoms with E-state index in [1.807, 2.05) is 6.26 Å². The predicted octanol–water partition coefficient (Wildman–Crippen LogP) is -0.717. The Bertz CT molecular complexity index is 287. The number of aliphatic carboxylic acids is 1. The van der Waals surface area contributed by atoms with Crippen LogP contribution in [0.5, 0.6) is 0 Å². The van der Waals surface area contributed by atoms with Crippen LogP contribution in [0, 0.1) is 5.92 Å². The Balaban J connectivity index is 2.48. The maximum absolute atomic E-state index is 11.8. The van der Waals surface area contributed by atoms with E-state index >= 15 is 0 Å². The number of carboxylic acid groups (broad SMARTS) is 1. The monoisotopic (exact) mass is 262 g/mol. The first-order chi connectivity index (χ1) is 8.06. The van der Waals surface area contributed by atoms with Gasteiger partial charge in [0, 0.05) is 6.04 Å². The molecule has 3 atom stereocenters. The van der Waals surface area contributed by atoms with Crippen molar-refractivity contribution < 1.29 is 19.4 Å². The number of carboxylic acids is 1. The Morgan fingerprint density at radius 1 is 1.59 bits per heavy atom. The normalized spacial score (nSPS) is 25.5. The van der Waals surface area contributed by atoms with Crippen LogP contribution in [0.3, 0.4) is 0 Å². The fraction of sp³-hybridized carbons (Fsp3) is 0.800. The zero-order valence-corrected chi connectivity index (χ0v) is 10.5. The summed E-state index contributed by atoms with van der Waals surface area (Å²) < 4.78 is 5.08. The van der Waals surface area contributed by atoms with E-state index in [0.29, 0.717) is 18.8 Å². The molecule has 0 aliphatic carbocycles. The molecular weight excluding hydrogens is 244 g/mol. The Kier molecular flexibility index (Phi) is 5.73. The molecule has 1 fully saturated rings. The smallest absolute Gasteiger partial charge is 0.326 e. The molecule has 0 radical (unpaired) electrons. The van der Waals surface area contributed by atoms with Gasteiger partial charge in [-0.15, -0.1) is 0 Å². The van der Waals surface area contributed by atoms with Crippen LogP contribution in [-0.2, 0) is 14.3 Å². The van der Waals surface area contributed by atoms with Gasteiger partial charge in [-0.05, 0) is 18.4 Å². The zero-order valence-electron chi connectivity index (χ0n) is 9.72. The highest BCUT2D eigenvalue weighted by Gasteiger charge is 2.33. The lowest BCUT2D eigenvalue weighted by Crippen LogP contribution is -2.48. The fourth-order valence-corrected chi connectivity index (χ4v) is 2.08. The van der Waals surface area contributed by atoms with Gasteiger partial charge in [0.05, 0.1) is 19.1 Å². The van der Waals surface area contributed by atoms with Gasteiger partial charge in [-0.25, -0.2) is 4.79 Å². The topological polar surface area (TPSA) is 102 Å². The van der Waals surface area contributed by atoms with Gasteiger partial charge in [0.2, 0.25) is 5.91 Å². The van der Waals surface area contributed by atoms with Crippen LogP contribution in [0.1, 0.15) is 6.42 Å². The molecule has 0 aromatic rings.